The van der Waals surface area contributed by atoms with Crippen LogP contribution in [0.15, 0.2) is 11.4 Å². The Morgan fingerprint density at radius 2 is 2.50 bits per heavy atom. The van der Waals surface area contributed by atoms with Gasteiger partial charge in [-0.2, -0.15) is 0 Å². The highest BCUT2D eigenvalue weighted by atomic mass is 35.5. The first-order valence-electron chi connectivity index (χ1n) is 4.84. The van der Waals surface area contributed by atoms with E-state index in [4.69, 9.17) is 11.6 Å². The highest BCUT2D eigenvalue weighted by Gasteiger charge is 2.39. The van der Waals surface area contributed by atoms with Crippen LogP contribution in [-0.4, -0.2) is 17.7 Å². The molecule has 1 aliphatic rings. The van der Waals surface area contributed by atoms with E-state index in [1.165, 1.54) is 11.3 Å². The molecule has 0 aromatic carbocycles. The second kappa shape index (κ2) is 3.81. The van der Waals surface area contributed by atoms with Crippen LogP contribution >= 0.6 is 22.9 Å². The van der Waals surface area contributed by atoms with Crippen molar-refractivity contribution in [1.82, 2.24) is 5.32 Å². The van der Waals surface area contributed by atoms with Crippen molar-refractivity contribution in [2.75, 3.05) is 6.54 Å². The maximum Gasteiger partial charge on any atom is 0.115 e. The molecule has 4 heteroatoms. The van der Waals surface area contributed by atoms with Gasteiger partial charge in [-0.3, -0.25) is 0 Å². The molecule has 0 spiro atoms. The summed E-state index contributed by atoms with van der Waals surface area (Å²) in [5.41, 5.74) is -0.774. The number of thiophene rings is 1. The smallest absolute Gasteiger partial charge is 0.115 e. The molecule has 1 aliphatic heterocycles. The van der Waals surface area contributed by atoms with E-state index >= 15 is 0 Å². The fourth-order valence-corrected chi connectivity index (χ4v) is 3.41. The monoisotopic (exact) mass is 231 g/mol. The number of halogens is 1. The van der Waals surface area contributed by atoms with Crippen molar-refractivity contribution in [3.8, 4) is 0 Å². The van der Waals surface area contributed by atoms with Crippen LogP contribution < -0.4 is 5.32 Å². The van der Waals surface area contributed by atoms with Crippen LogP contribution in [0.25, 0.3) is 0 Å². The number of hydrogen-bond donors (Lipinski definition) is 2. The molecular weight excluding hydrogens is 218 g/mol. The molecule has 0 amide bonds. The molecule has 1 aromatic rings. The van der Waals surface area contributed by atoms with Crippen LogP contribution in [0.3, 0.4) is 0 Å². The second-order valence-corrected chi connectivity index (χ2v) is 5.12. The van der Waals surface area contributed by atoms with Gasteiger partial charge in [-0.15, -0.1) is 11.3 Å². The van der Waals surface area contributed by atoms with Crippen molar-refractivity contribution in [3.05, 3.63) is 21.3 Å². The van der Waals surface area contributed by atoms with Crippen molar-refractivity contribution in [1.29, 1.82) is 0 Å². The van der Waals surface area contributed by atoms with E-state index in [0.29, 0.717) is 5.02 Å². The summed E-state index contributed by atoms with van der Waals surface area (Å²) < 4.78 is 0. The lowest BCUT2D eigenvalue weighted by Crippen LogP contribution is -2.50. The van der Waals surface area contributed by atoms with E-state index in [1.807, 2.05) is 18.4 Å². The number of nitrogens with one attached hydrogen (secondary N) is 1. The third kappa shape index (κ3) is 1.58. The maximum absolute atomic E-state index is 10.5. The summed E-state index contributed by atoms with van der Waals surface area (Å²) in [6, 6.07) is 1.92. The van der Waals surface area contributed by atoms with E-state index in [9.17, 15) is 5.11 Å². The van der Waals surface area contributed by atoms with Gasteiger partial charge in [0.25, 0.3) is 0 Å². The lowest BCUT2D eigenvalue weighted by Gasteiger charge is -2.38. The van der Waals surface area contributed by atoms with Crippen LogP contribution in [0.1, 0.15) is 24.6 Å². The summed E-state index contributed by atoms with van der Waals surface area (Å²) in [6.07, 6.45) is 1.79. The summed E-state index contributed by atoms with van der Waals surface area (Å²) in [5, 5.41) is 16.4. The van der Waals surface area contributed by atoms with Gasteiger partial charge >= 0.3 is 0 Å². The average molecular weight is 232 g/mol. The van der Waals surface area contributed by atoms with Gasteiger partial charge in [0, 0.05) is 6.04 Å². The predicted octanol–water partition coefficient (Wildman–Crippen LogP) is 2.36. The van der Waals surface area contributed by atoms with Crippen LogP contribution in [0.4, 0.5) is 0 Å². The highest BCUT2D eigenvalue weighted by molar-refractivity contribution is 7.10. The molecule has 1 saturated heterocycles. The Balaban J connectivity index is 2.34. The molecule has 2 unspecified atom stereocenters. The van der Waals surface area contributed by atoms with Gasteiger partial charge in [-0.25, -0.2) is 0 Å². The first kappa shape index (κ1) is 10.4. The summed E-state index contributed by atoms with van der Waals surface area (Å²) in [5.74, 6) is 0. The molecule has 1 fully saturated rings. The lowest BCUT2D eigenvalue weighted by atomic mass is 9.85. The lowest BCUT2D eigenvalue weighted by molar-refractivity contribution is -0.0192. The molecule has 2 atom stereocenters. The third-order valence-corrected chi connectivity index (χ3v) is 4.42. The largest absolute Gasteiger partial charge is 0.383 e. The fraction of sp³-hybridized carbons (Fsp3) is 0.600. The Kier molecular flexibility index (Phi) is 2.84. The van der Waals surface area contributed by atoms with E-state index in [2.05, 4.69) is 5.32 Å². The van der Waals surface area contributed by atoms with Crippen molar-refractivity contribution >= 4 is 22.9 Å². The van der Waals surface area contributed by atoms with Gasteiger partial charge in [-0.05, 0) is 37.8 Å². The first-order chi connectivity index (χ1) is 6.64. The van der Waals surface area contributed by atoms with E-state index < -0.39 is 5.60 Å². The van der Waals surface area contributed by atoms with E-state index in [0.717, 1.165) is 24.3 Å². The van der Waals surface area contributed by atoms with Gasteiger partial charge < -0.3 is 10.4 Å². The Morgan fingerprint density at radius 3 is 3.07 bits per heavy atom. The molecule has 2 N–H and O–H groups in total. The van der Waals surface area contributed by atoms with Crippen LogP contribution in [0.5, 0.6) is 0 Å². The Labute approximate surface area is 92.9 Å². The Morgan fingerprint density at radius 1 is 1.71 bits per heavy atom. The molecule has 0 bridgehead atoms. The molecule has 78 valence electrons. The Hall–Kier alpha value is -0.0900. The third-order valence-electron chi connectivity index (χ3n) is 2.91. The minimum absolute atomic E-state index is 0.0763. The van der Waals surface area contributed by atoms with Gasteiger partial charge in [0.05, 0.1) is 9.90 Å². The normalized spacial score (nSPS) is 33.2. The molecular formula is C10H14ClNOS. The van der Waals surface area contributed by atoms with Crippen molar-refractivity contribution in [3.63, 3.8) is 0 Å². The van der Waals surface area contributed by atoms with Gasteiger partial charge in [0.2, 0.25) is 0 Å². The first-order valence-corrected chi connectivity index (χ1v) is 6.09. The standard InChI is InChI=1S/C10H14ClNOS/c1-7-10(13,4-2-5-12-7)9-8(11)3-6-14-9/h3,6-7,12-13H,2,4-5H2,1H3. The topological polar surface area (TPSA) is 32.3 Å². The summed E-state index contributed by atoms with van der Waals surface area (Å²) >= 11 is 7.59. The molecule has 0 aliphatic carbocycles. The molecule has 2 rings (SSSR count). The number of aliphatic hydroxyl groups is 1. The van der Waals surface area contributed by atoms with Crippen molar-refractivity contribution in [2.45, 2.75) is 31.4 Å². The van der Waals surface area contributed by atoms with Crippen LogP contribution in [0.2, 0.25) is 5.02 Å². The predicted molar refractivity (Wildman–Crippen MR) is 59.9 cm³/mol. The second-order valence-electron chi connectivity index (χ2n) is 3.80. The molecule has 2 nitrogen and oxygen atoms in total. The number of rotatable bonds is 1. The van der Waals surface area contributed by atoms with E-state index in [1.54, 1.807) is 0 Å². The Bertz CT molecular complexity index is 328. The van der Waals surface area contributed by atoms with Crippen molar-refractivity contribution in [2.24, 2.45) is 0 Å². The fourth-order valence-electron chi connectivity index (χ4n) is 1.97. The zero-order chi connectivity index (χ0) is 10.2. The zero-order valence-electron chi connectivity index (χ0n) is 8.09. The highest BCUT2D eigenvalue weighted by Crippen LogP contribution is 2.39. The van der Waals surface area contributed by atoms with E-state index in [-0.39, 0.29) is 6.04 Å². The minimum atomic E-state index is -0.774. The summed E-state index contributed by atoms with van der Waals surface area (Å²) in [7, 11) is 0. The molecule has 0 saturated carbocycles. The molecule has 0 radical (unpaired) electrons. The summed E-state index contributed by atoms with van der Waals surface area (Å²) in [6.45, 7) is 2.99. The quantitative estimate of drug-likeness (QED) is 0.778. The van der Waals surface area contributed by atoms with Gasteiger partial charge in [0.1, 0.15) is 5.60 Å². The number of hydrogen-bond acceptors (Lipinski definition) is 3. The SMILES string of the molecule is CC1NCCCC1(O)c1sccc1Cl. The van der Waals surface area contributed by atoms with Crippen LogP contribution in [0, 0.1) is 0 Å². The minimum Gasteiger partial charge on any atom is -0.383 e. The zero-order valence-corrected chi connectivity index (χ0v) is 9.66. The maximum atomic E-state index is 10.5. The van der Waals surface area contributed by atoms with Crippen LogP contribution in [-0.2, 0) is 5.60 Å². The van der Waals surface area contributed by atoms with Crippen molar-refractivity contribution < 1.29 is 5.11 Å². The van der Waals surface area contributed by atoms with Gasteiger partial charge in [0.15, 0.2) is 0 Å². The van der Waals surface area contributed by atoms with Gasteiger partial charge in [-0.1, -0.05) is 11.6 Å². The average Bonchev–Trinajstić information content (AvgIpc) is 2.57. The summed E-state index contributed by atoms with van der Waals surface area (Å²) in [4.78, 5) is 0.902. The number of piperidine rings is 1. The molecule has 14 heavy (non-hydrogen) atoms. The molecule has 2 heterocycles. The molecule has 1 aromatic heterocycles.